The molecule has 0 amide bonds. The van der Waals surface area contributed by atoms with Crippen molar-refractivity contribution in [2.24, 2.45) is 0 Å². The quantitative estimate of drug-likeness (QED) is 0.511. The molecule has 2 nitrogen and oxygen atoms in total. The van der Waals surface area contributed by atoms with Crippen molar-refractivity contribution >= 4 is 0 Å². The van der Waals surface area contributed by atoms with Crippen LogP contribution >= 0.6 is 0 Å². The summed E-state index contributed by atoms with van der Waals surface area (Å²) in [4.78, 5) is 0. The van der Waals surface area contributed by atoms with Crippen LogP contribution in [0.15, 0.2) is 24.3 Å². The molecule has 0 heterocycles. The van der Waals surface area contributed by atoms with Gasteiger partial charge in [0.05, 0.1) is 6.54 Å². The molecule has 1 N–H and O–H groups in total. The summed E-state index contributed by atoms with van der Waals surface area (Å²) < 4.78 is 12.8. The third-order valence-electron chi connectivity index (χ3n) is 1.32. The summed E-state index contributed by atoms with van der Waals surface area (Å²) in [5.74, 6) is -0.282. The van der Waals surface area contributed by atoms with Crippen LogP contribution in [0.2, 0.25) is 0 Å². The van der Waals surface area contributed by atoms with E-state index < -0.39 is 0 Å². The lowest BCUT2D eigenvalue weighted by Crippen LogP contribution is -2.05. The van der Waals surface area contributed by atoms with E-state index in [0.29, 0.717) is 5.56 Å². The molecule has 0 aromatic heterocycles. The highest BCUT2D eigenvalue weighted by atomic mass is 19.1. The first-order valence-corrected chi connectivity index (χ1v) is 3.20. The van der Waals surface area contributed by atoms with Gasteiger partial charge in [-0.05, 0) is 6.07 Å². The van der Waals surface area contributed by atoms with Crippen LogP contribution in [0, 0.1) is 17.3 Å². The Morgan fingerprint density at radius 1 is 1.45 bits per heavy atom. The van der Waals surface area contributed by atoms with Crippen LogP contribution in [0.5, 0.6) is 0 Å². The number of nitriles is 1. The van der Waals surface area contributed by atoms with E-state index in [1.807, 2.05) is 0 Å². The van der Waals surface area contributed by atoms with Crippen molar-refractivity contribution in [1.29, 1.82) is 5.26 Å². The standard InChI is InChI=1S/C8H7FN2/c9-8-4-2-1-3-7(8)5-11-6-10/h1-4,11H,5H2. The number of hydrogen-bond donors (Lipinski definition) is 1. The second-order valence-corrected chi connectivity index (χ2v) is 2.06. The Kier molecular flexibility index (Phi) is 2.45. The molecule has 0 unspecified atom stereocenters. The van der Waals surface area contributed by atoms with Crippen LogP contribution < -0.4 is 5.32 Å². The van der Waals surface area contributed by atoms with Gasteiger partial charge in [-0.2, -0.15) is 5.26 Å². The second kappa shape index (κ2) is 3.57. The van der Waals surface area contributed by atoms with E-state index in [2.05, 4.69) is 5.32 Å². The van der Waals surface area contributed by atoms with Gasteiger partial charge in [0.2, 0.25) is 0 Å². The topological polar surface area (TPSA) is 35.8 Å². The fraction of sp³-hybridized carbons (Fsp3) is 0.125. The van der Waals surface area contributed by atoms with E-state index in [1.54, 1.807) is 24.4 Å². The van der Waals surface area contributed by atoms with Crippen molar-refractivity contribution in [2.45, 2.75) is 6.54 Å². The monoisotopic (exact) mass is 150 g/mol. The number of rotatable bonds is 2. The fourth-order valence-corrected chi connectivity index (χ4v) is 0.777. The van der Waals surface area contributed by atoms with Crippen molar-refractivity contribution in [2.75, 3.05) is 0 Å². The van der Waals surface area contributed by atoms with E-state index in [1.165, 1.54) is 6.07 Å². The average molecular weight is 150 g/mol. The van der Waals surface area contributed by atoms with Crippen LogP contribution in [-0.4, -0.2) is 0 Å². The number of halogens is 1. The summed E-state index contributed by atoms with van der Waals surface area (Å²) in [6.07, 6.45) is 1.73. The number of nitrogens with one attached hydrogen (secondary N) is 1. The highest BCUT2D eigenvalue weighted by Crippen LogP contribution is 2.04. The SMILES string of the molecule is N#CNCc1ccccc1F. The third kappa shape index (κ3) is 1.94. The number of benzene rings is 1. The molecule has 11 heavy (non-hydrogen) atoms. The number of hydrogen-bond acceptors (Lipinski definition) is 2. The molecule has 0 aliphatic heterocycles. The zero-order valence-electron chi connectivity index (χ0n) is 5.84. The summed E-state index contributed by atoms with van der Waals surface area (Å²) in [5.41, 5.74) is 0.508. The molecule has 0 aliphatic carbocycles. The predicted octanol–water partition coefficient (Wildman–Crippen LogP) is 1.40. The lowest BCUT2D eigenvalue weighted by Gasteiger charge is -1.98. The maximum Gasteiger partial charge on any atom is 0.176 e. The molecule has 0 bridgehead atoms. The predicted molar refractivity (Wildman–Crippen MR) is 38.9 cm³/mol. The van der Waals surface area contributed by atoms with Gasteiger partial charge in [0, 0.05) is 5.56 Å². The van der Waals surface area contributed by atoms with Crippen LogP contribution in [0.1, 0.15) is 5.56 Å². The van der Waals surface area contributed by atoms with Crippen molar-refractivity contribution in [3.05, 3.63) is 35.6 Å². The first kappa shape index (κ1) is 7.55. The van der Waals surface area contributed by atoms with Crippen LogP contribution in [-0.2, 0) is 6.54 Å². The molecular formula is C8H7FN2. The fourth-order valence-electron chi connectivity index (χ4n) is 0.777. The van der Waals surface area contributed by atoms with E-state index >= 15 is 0 Å². The van der Waals surface area contributed by atoms with Gasteiger partial charge >= 0.3 is 0 Å². The summed E-state index contributed by atoms with van der Waals surface area (Å²) in [6, 6.07) is 6.36. The lowest BCUT2D eigenvalue weighted by molar-refractivity contribution is 0.605. The molecule has 0 aliphatic rings. The molecular weight excluding hydrogens is 143 g/mol. The molecule has 3 heteroatoms. The molecule has 56 valence electrons. The Labute approximate surface area is 64.3 Å². The van der Waals surface area contributed by atoms with Crippen molar-refractivity contribution in [3.8, 4) is 6.19 Å². The molecule has 0 saturated carbocycles. The molecule has 0 radical (unpaired) electrons. The minimum Gasteiger partial charge on any atom is -0.319 e. The first-order chi connectivity index (χ1) is 5.34. The molecule has 0 saturated heterocycles. The molecule has 1 aromatic rings. The summed E-state index contributed by atoms with van der Waals surface area (Å²) >= 11 is 0. The molecule has 0 atom stereocenters. The maximum absolute atomic E-state index is 12.8. The Hall–Kier alpha value is -1.56. The second-order valence-electron chi connectivity index (χ2n) is 2.06. The highest BCUT2D eigenvalue weighted by Gasteiger charge is 1.97. The largest absolute Gasteiger partial charge is 0.319 e. The Balaban J connectivity index is 2.71. The van der Waals surface area contributed by atoms with Gasteiger partial charge in [-0.25, -0.2) is 4.39 Å². The van der Waals surface area contributed by atoms with Gasteiger partial charge in [-0.15, -0.1) is 0 Å². The minimum absolute atomic E-state index is 0.253. The zero-order valence-corrected chi connectivity index (χ0v) is 5.84. The van der Waals surface area contributed by atoms with E-state index in [-0.39, 0.29) is 12.4 Å². The van der Waals surface area contributed by atoms with E-state index in [4.69, 9.17) is 5.26 Å². The summed E-state index contributed by atoms with van der Waals surface area (Å²) in [7, 11) is 0. The van der Waals surface area contributed by atoms with Gasteiger partial charge in [-0.3, -0.25) is 0 Å². The van der Waals surface area contributed by atoms with E-state index in [0.717, 1.165) is 0 Å². The van der Waals surface area contributed by atoms with Crippen LogP contribution in [0.25, 0.3) is 0 Å². The summed E-state index contributed by atoms with van der Waals surface area (Å²) in [5, 5.41) is 10.5. The van der Waals surface area contributed by atoms with Crippen molar-refractivity contribution < 1.29 is 4.39 Å². The van der Waals surface area contributed by atoms with Crippen LogP contribution in [0.3, 0.4) is 0 Å². The average Bonchev–Trinajstić information content (AvgIpc) is 2.03. The molecule has 1 aromatic carbocycles. The highest BCUT2D eigenvalue weighted by molar-refractivity contribution is 5.17. The van der Waals surface area contributed by atoms with Gasteiger partial charge in [0.25, 0.3) is 0 Å². The first-order valence-electron chi connectivity index (χ1n) is 3.20. The van der Waals surface area contributed by atoms with Crippen LogP contribution in [0.4, 0.5) is 4.39 Å². The minimum atomic E-state index is -0.282. The maximum atomic E-state index is 12.8. The Morgan fingerprint density at radius 3 is 2.82 bits per heavy atom. The Morgan fingerprint density at radius 2 is 2.18 bits per heavy atom. The third-order valence-corrected chi connectivity index (χ3v) is 1.32. The normalized spacial score (nSPS) is 8.73. The Bertz CT molecular complexity index is 278. The van der Waals surface area contributed by atoms with Crippen molar-refractivity contribution in [3.63, 3.8) is 0 Å². The smallest absolute Gasteiger partial charge is 0.176 e. The van der Waals surface area contributed by atoms with Gasteiger partial charge < -0.3 is 5.32 Å². The zero-order chi connectivity index (χ0) is 8.10. The molecule has 1 rings (SSSR count). The lowest BCUT2D eigenvalue weighted by atomic mass is 10.2. The van der Waals surface area contributed by atoms with Gasteiger partial charge in [0.15, 0.2) is 6.19 Å². The molecule has 0 spiro atoms. The van der Waals surface area contributed by atoms with Crippen molar-refractivity contribution in [1.82, 2.24) is 5.32 Å². The number of nitrogens with zero attached hydrogens (tertiary/aromatic N) is 1. The molecule has 0 fully saturated rings. The van der Waals surface area contributed by atoms with Gasteiger partial charge in [0.1, 0.15) is 5.82 Å². The summed E-state index contributed by atoms with van der Waals surface area (Å²) in [6.45, 7) is 0.253. The van der Waals surface area contributed by atoms with Gasteiger partial charge in [-0.1, -0.05) is 18.2 Å². The van der Waals surface area contributed by atoms with E-state index in [9.17, 15) is 4.39 Å².